The monoisotopic (exact) mass is 1460 g/mol. The van der Waals surface area contributed by atoms with Crippen LogP contribution in [0, 0.1) is 17.0 Å². The van der Waals surface area contributed by atoms with Gasteiger partial charge >= 0.3 is 55.4 Å². The lowest BCUT2D eigenvalue weighted by Gasteiger charge is -2.14. The van der Waals surface area contributed by atoms with Crippen molar-refractivity contribution in [2.24, 2.45) is 0 Å². The zero-order valence-corrected chi connectivity index (χ0v) is 53.4. The lowest BCUT2D eigenvalue weighted by atomic mass is 10.1. The molecule has 0 bridgehead atoms. The Morgan fingerprint density at radius 2 is 1.27 bits per heavy atom. The van der Waals surface area contributed by atoms with Gasteiger partial charge in [-0.2, -0.15) is 55.7 Å². The summed E-state index contributed by atoms with van der Waals surface area (Å²) in [4.78, 5) is 101. The molecule has 0 spiro atoms. The molecule has 0 saturated heterocycles. The average molecular weight is 1460 g/mol. The van der Waals surface area contributed by atoms with E-state index in [1.807, 2.05) is 5.32 Å². The van der Waals surface area contributed by atoms with Crippen LogP contribution in [0.3, 0.4) is 0 Å². The maximum absolute atomic E-state index is 12.5. The number of amides is 4. The number of aryl methyl sites for hydroxylation is 2. The summed E-state index contributed by atoms with van der Waals surface area (Å²) in [6.45, 7) is -5.80. The van der Waals surface area contributed by atoms with Gasteiger partial charge in [-0.3, -0.25) is 30.9 Å². The van der Waals surface area contributed by atoms with Crippen molar-refractivity contribution in [3.8, 4) is 29.3 Å². The summed E-state index contributed by atoms with van der Waals surface area (Å²) in [7, 11) is -10.4. The van der Waals surface area contributed by atoms with Crippen LogP contribution < -0.4 is 49.2 Å². The predicted molar refractivity (Wildman–Crippen MR) is 316 cm³/mol. The number of alkyl halides is 7. The third kappa shape index (κ3) is 31.1. The number of hydrogen-bond donors (Lipinski definition) is 8. The van der Waals surface area contributed by atoms with Crippen LogP contribution in [0.4, 0.5) is 57.9 Å². The van der Waals surface area contributed by atoms with Crippen molar-refractivity contribution < 1.29 is 125 Å². The van der Waals surface area contributed by atoms with Crippen molar-refractivity contribution in [2.45, 2.75) is 49.0 Å². The predicted octanol–water partition coefficient (Wildman–Crippen LogP) is 7.22. The fraction of sp³-hybridized carbons (Fsp3) is 0.265. The molecule has 4 aromatic carbocycles. The number of nitro groups is 1. The molecule has 0 aliphatic carbocycles. The Balaban J connectivity index is 0.000000438. The van der Waals surface area contributed by atoms with Crippen molar-refractivity contribution >= 4 is 109 Å². The van der Waals surface area contributed by atoms with Gasteiger partial charge in [0.25, 0.3) is 25.7 Å². The minimum atomic E-state index is -4.71. The molecule has 2 heterocycles. The first-order valence-electron chi connectivity index (χ1n) is 24.7. The number of carboxylic acids is 2. The van der Waals surface area contributed by atoms with Crippen molar-refractivity contribution in [1.29, 1.82) is 0 Å². The number of ether oxygens (including phenoxy) is 5. The van der Waals surface area contributed by atoms with E-state index in [2.05, 4.69) is 63.2 Å². The Bertz CT molecular complexity index is 3880. The van der Waals surface area contributed by atoms with E-state index in [4.69, 9.17) is 47.8 Å². The molecule has 0 saturated carbocycles. The van der Waals surface area contributed by atoms with Gasteiger partial charge in [-0.05, 0) is 72.3 Å². The highest BCUT2D eigenvalue weighted by atomic mass is 35.5. The molecule has 45 heteroatoms. The number of hydrogen-bond acceptors (Lipinski definition) is 24. The molecule has 94 heavy (non-hydrogen) atoms. The highest BCUT2D eigenvalue weighted by molar-refractivity contribution is 7.94. The number of methoxy groups -OCH3 is 2. The van der Waals surface area contributed by atoms with Crippen molar-refractivity contribution in [2.75, 3.05) is 56.5 Å². The lowest BCUT2D eigenvalue weighted by molar-refractivity contribution is -0.385. The molecular formula is C49H51Cl2F7N11O21PS3. The molecule has 0 aliphatic rings. The molecule has 0 fully saturated rings. The maximum Gasteiger partial charge on any atom is 0.389 e. The van der Waals surface area contributed by atoms with Crippen LogP contribution in [0.15, 0.2) is 101 Å². The number of rotatable bonds is 22. The molecule has 6 aromatic rings. The number of aromatic nitrogens is 5. The van der Waals surface area contributed by atoms with E-state index in [0.29, 0.717) is 27.7 Å². The fourth-order valence-corrected chi connectivity index (χ4v) is 9.23. The van der Waals surface area contributed by atoms with Crippen LogP contribution in [0.1, 0.15) is 38.5 Å². The zero-order chi connectivity index (χ0) is 71.5. The van der Waals surface area contributed by atoms with Gasteiger partial charge in [0.1, 0.15) is 35.4 Å². The number of esters is 1. The number of nitrogens with zero attached hydrogens (tertiary/aromatic N) is 6. The van der Waals surface area contributed by atoms with E-state index in [0.717, 1.165) is 31.4 Å². The number of carbonyl (C=O) groups excluding carboxylic acids is 3. The summed E-state index contributed by atoms with van der Waals surface area (Å²) in [6.07, 6.45) is -0.321. The van der Waals surface area contributed by atoms with E-state index in [-0.39, 0.29) is 45.4 Å². The van der Waals surface area contributed by atoms with E-state index in [1.165, 1.54) is 67.3 Å². The Labute approximate surface area is 539 Å². The lowest BCUT2D eigenvalue weighted by Crippen LogP contribution is -2.35. The largest absolute Gasteiger partial charge is 0.778 e. The minimum absolute atomic E-state index is 0.0715. The first-order valence-corrected chi connectivity index (χ1v) is 32.6. The highest BCUT2D eigenvalue weighted by Crippen LogP contribution is 2.34. The number of nitro benzene ring substituents is 1. The van der Waals surface area contributed by atoms with E-state index in [1.54, 1.807) is 22.2 Å². The molecule has 32 nitrogen and oxygen atoms in total. The molecular weight excluding hydrogens is 1410 g/mol. The zero-order valence-electron chi connectivity index (χ0n) is 48.6. The van der Waals surface area contributed by atoms with Crippen molar-refractivity contribution in [3.63, 3.8) is 0 Å². The number of urea groups is 2. The SMILES string of the molecule is COC(=O)c1cc(Oc2ccc(Cl)cc2Cl)ccc1[N+](=O)[O-].COc1nc(C)nc(NC(=O)NS(=O)(=O)c2ccccc2CCC(F)(F)F)n1.C[S+](C)C.O=C(Nc1nc(OC(F)F)cc(OC(F)F)n1)NS(=O)(=O)c1ccccc1C(=O)O.O=C(O)CNCP(=O)([O-])O. The van der Waals surface area contributed by atoms with Gasteiger partial charge in [-0.1, -0.05) is 53.5 Å². The van der Waals surface area contributed by atoms with Crippen LogP contribution in [0.2, 0.25) is 10.0 Å². The summed E-state index contributed by atoms with van der Waals surface area (Å²) >= 11 is 11.8. The van der Waals surface area contributed by atoms with Crippen LogP contribution >= 0.6 is 30.8 Å². The number of benzene rings is 4. The number of halogens is 9. The summed E-state index contributed by atoms with van der Waals surface area (Å²) in [6, 6.07) is 15.4. The first kappa shape index (κ1) is 81.1. The molecule has 0 aliphatic heterocycles. The maximum atomic E-state index is 12.5. The summed E-state index contributed by atoms with van der Waals surface area (Å²) in [5.74, 6) is -6.01. The molecule has 514 valence electrons. The van der Waals surface area contributed by atoms with Crippen molar-refractivity contribution in [1.82, 2.24) is 39.7 Å². The Hall–Kier alpha value is -9.03. The second-order valence-electron chi connectivity index (χ2n) is 17.4. The van der Waals surface area contributed by atoms with Crippen LogP contribution in [-0.4, -0.2) is 157 Å². The number of aliphatic carboxylic acids is 1. The summed E-state index contributed by atoms with van der Waals surface area (Å²) < 4.78 is 172. The number of aromatic carboxylic acids is 1. The highest BCUT2D eigenvalue weighted by Gasteiger charge is 2.30. The van der Waals surface area contributed by atoms with Crippen LogP contribution in [0.5, 0.6) is 29.3 Å². The van der Waals surface area contributed by atoms with E-state index < -0.39 is 141 Å². The number of carbonyl (C=O) groups is 5. The molecule has 8 N–H and O–H groups in total. The van der Waals surface area contributed by atoms with Gasteiger partial charge in [0.15, 0.2) is 0 Å². The summed E-state index contributed by atoms with van der Waals surface area (Å²) in [5, 5.41) is 34.5. The molecule has 6 rings (SSSR count). The quantitative estimate of drug-likeness (QED) is 0.00830. The van der Waals surface area contributed by atoms with E-state index in [9.17, 15) is 91.1 Å². The third-order valence-corrected chi connectivity index (χ3v) is 13.5. The normalized spacial score (nSPS) is 11.6. The van der Waals surface area contributed by atoms with Crippen LogP contribution in [-0.2, 0) is 51.5 Å². The van der Waals surface area contributed by atoms with Crippen molar-refractivity contribution in [3.05, 3.63) is 134 Å². The second-order valence-corrected chi connectivity index (χ2v) is 25.6. The van der Waals surface area contributed by atoms with Gasteiger partial charge in [0.2, 0.25) is 23.7 Å². The van der Waals surface area contributed by atoms with E-state index >= 15 is 0 Å². The third-order valence-electron chi connectivity index (χ3n) is 9.54. The Morgan fingerprint density at radius 3 is 1.74 bits per heavy atom. The number of carboxylic acid groups (broad SMARTS) is 2. The second kappa shape index (κ2) is 37.6. The minimum Gasteiger partial charge on any atom is -0.778 e. The Morgan fingerprint density at radius 1 is 0.745 bits per heavy atom. The first-order chi connectivity index (χ1) is 43.5. The molecule has 1 atom stereocenters. The fourth-order valence-electron chi connectivity index (χ4n) is 6.10. The average Bonchev–Trinajstić information content (AvgIpc) is 0.896. The number of sulfonamides is 2. The Kier molecular flexibility index (Phi) is 32.4. The number of nitrogens with one attached hydrogen (secondary N) is 5. The molecule has 4 amide bonds. The molecule has 2 aromatic heterocycles. The van der Waals surface area contributed by atoms with Gasteiger partial charge in [0, 0.05) is 23.6 Å². The topological polar surface area (TPSA) is 468 Å². The van der Waals surface area contributed by atoms with Gasteiger partial charge in [-0.25, -0.2) is 45.5 Å². The van der Waals surface area contributed by atoms with Crippen LogP contribution in [0.25, 0.3) is 0 Å². The van der Waals surface area contributed by atoms with Gasteiger partial charge < -0.3 is 48.2 Å². The molecule has 0 radical (unpaired) electrons. The van der Waals surface area contributed by atoms with Gasteiger partial charge in [-0.15, -0.1) is 0 Å². The standard InChI is InChI=1S/C15H16F3N5O4S.C14H9Cl2NO5.C14H10F4N4O7S.C3H8NO5P.C3H9S/c1-9-19-12(22-14(20-9)27-2)21-13(24)23-28(25,26)11-6-4-3-5-10(11)7-8-15(16,17)18;1-21-14(18)10-7-9(3-4-12(10)17(19)20)22-13-5-2-8(15)6-11(13)16;15-11(16)28-8-5-9(29-12(17)18)20-13(19-8)21-14(25)22-30(26,27)7-4-2-1-3-6(7)10(23)24;5-3(6)1-4-2-10(7,8)9;1-4(2)3/h3-6H,7-8H2,1-2H3,(H2,19,20,21,22,23,24);2-7H,1H3;1-5,11-12H,(H,23,24)(H2,19,20,21,22,25);4H,1-2H2,(H,5,6)(H2,7,8,9);1-3H3/q;;;;+1/p-1. The summed E-state index contributed by atoms with van der Waals surface area (Å²) in [5.41, 5.74) is -1.30. The van der Waals surface area contributed by atoms with Gasteiger partial charge in [0.05, 0.1) is 72.3 Å². The molecule has 1 unspecified atom stereocenters. The smallest absolute Gasteiger partial charge is 0.389 e. The number of anilines is 2.